The van der Waals surface area contributed by atoms with Crippen molar-refractivity contribution in [2.75, 3.05) is 0 Å². The third-order valence-corrected chi connectivity index (χ3v) is 13.9. The average molecular weight is 771 g/mol. The highest BCUT2D eigenvalue weighted by Gasteiger charge is 2.50. The van der Waals surface area contributed by atoms with E-state index < -0.39 is 24.6 Å². The van der Waals surface area contributed by atoms with Crippen molar-refractivity contribution in [3.63, 3.8) is 0 Å². The summed E-state index contributed by atoms with van der Waals surface area (Å²) in [7, 11) is -4.01. The van der Waals surface area contributed by atoms with E-state index in [0.29, 0.717) is 0 Å². The van der Waals surface area contributed by atoms with E-state index in [-0.39, 0.29) is 0 Å². The SMILES string of the molecule is CCCCCCCC(CCCC)(CCCC)OP(=O)(OC(CCCC)(CCCC)CCCCCCC)OC(CCCC)(CCCC)CCCCCCC. The Hall–Kier alpha value is 0.110. The van der Waals surface area contributed by atoms with E-state index >= 15 is 4.57 Å². The summed E-state index contributed by atoms with van der Waals surface area (Å²) in [5.74, 6) is 0. The highest BCUT2D eigenvalue weighted by Crippen LogP contribution is 2.63. The second-order valence-electron chi connectivity index (χ2n) is 17.4. The molecule has 0 saturated carbocycles. The van der Waals surface area contributed by atoms with Gasteiger partial charge in [0.1, 0.15) is 0 Å². The van der Waals surface area contributed by atoms with Crippen molar-refractivity contribution in [3.05, 3.63) is 0 Å². The van der Waals surface area contributed by atoms with Gasteiger partial charge in [0, 0.05) is 0 Å². The first-order valence-electron chi connectivity index (χ1n) is 24.4. The summed E-state index contributed by atoms with van der Waals surface area (Å²) in [6.07, 6.45) is 40.1. The first kappa shape index (κ1) is 53.1. The van der Waals surface area contributed by atoms with Gasteiger partial charge >= 0.3 is 7.82 Å². The third-order valence-electron chi connectivity index (χ3n) is 12.0. The molecule has 5 heteroatoms. The van der Waals surface area contributed by atoms with Gasteiger partial charge in [-0.3, -0.25) is 13.6 Å². The quantitative estimate of drug-likeness (QED) is 0.0458. The largest absolute Gasteiger partial charge is 0.476 e. The summed E-state index contributed by atoms with van der Waals surface area (Å²) in [5, 5.41) is 0. The smallest absolute Gasteiger partial charge is 0.280 e. The standard InChI is InChI=1S/C48H99O4P/c1-10-19-28-31-34-43-46(37-22-13-4,38-23-14-5)50-53(49,51-47(39-24-15-6,40-25-16-7)44-35-32-29-20-11-2)52-48(41-26-17-8,42-27-18-9)45-36-33-30-21-12-3/h10-45H2,1-9H3. The van der Waals surface area contributed by atoms with E-state index in [1.165, 1.54) is 77.0 Å². The van der Waals surface area contributed by atoms with Gasteiger partial charge in [-0.1, -0.05) is 236 Å². The monoisotopic (exact) mass is 771 g/mol. The second kappa shape index (κ2) is 34.2. The molecule has 0 aliphatic carbocycles. The normalized spacial score (nSPS) is 13.0. The van der Waals surface area contributed by atoms with Gasteiger partial charge in [0.25, 0.3) is 0 Å². The molecule has 0 fully saturated rings. The molecule has 0 unspecified atom stereocenters. The predicted octanol–water partition coefficient (Wildman–Crippen LogP) is 18.6. The number of phosphoric ester groups is 1. The van der Waals surface area contributed by atoms with Crippen LogP contribution in [0.1, 0.15) is 293 Å². The molecule has 0 saturated heterocycles. The van der Waals surface area contributed by atoms with Crippen molar-refractivity contribution >= 4 is 7.82 Å². The molecule has 0 rings (SSSR count). The fraction of sp³-hybridized carbons (Fsp3) is 1.00. The number of hydrogen-bond donors (Lipinski definition) is 0. The second-order valence-corrected chi connectivity index (χ2v) is 18.8. The fourth-order valence-corrected chi connectivity index (χ4v) is 10.8. The van der Waals surface area contributed by atoms with Crippen LogP contribution in [0.3, 0.4) is 0 Å². The summed E-state index contributed by atoms with van der Waals surface area (Å²) in [6, 6.07) is 0. The van der Waals surface area contributed by atoms with Crippen molar-refractivity contribution in [1.29, 1.82) is 0 Å². The van der Waals surface area contributed by atoms with E-state index in [0.717, 1.165) is 154 Å². The molecule has 0 radical (unpaired) electrons. The molecule has 0 spiro atoms. The zero-order valence-corrected chi connectivity index (χ0v) is 38.9. The Kier molecular flexibility index (Phi) is 34.2. The number of unbranched alkanes of at least 4 members (excludes halogenated alkanes) is 18. The lowest BCUT2D eigenvalue weighted by atomic mass is 9.86. The van der Waals surface area contributed by atoms with E-state index in [1.807, 2.05) is 0 Å². The average Bonchev–Trinajstić information content (AvgIpc) is 3.15. The van der Waals surface area contributed by atoms with Crippen LogP contribution < -0.4 is 0 Å². The van der Waals surface area contributed by atoms with Crippen LogP contribution in [-0.4, -0.2) is 16.8 Å². The molecule has 0 amide bonds. The predicted molar refractivity (Wildman–Crippen MR) is 236 cm³/mol. The third kappa shape index (κ3) is 25.2. The number of rotatable bonds is 42. The zero-order chi connectivity index (χ0) is 39.6. The van der Waals surface area contributed by atoms with Crippen LogP contribution in [0.25, 0.3) is 0 Å². The lowest BCUT2D eigenvalue weighted by Gasteiger charge is -2.45. The molecule has 0 aromatic carbocycles. The molecule has 0 aromatic heterocycles. The number of phosphoric acid groups is 1. The van der Waals surface area contributed by atoms with Crippen LogP contribution in [-0.2, 0) is 18.1 Å². The van der Waals surface area contributed by atoms with Crippen LogP contribution in [0.5, 0.6) is 0 Å². The Balaban J connectivity index is 7.42. The van der Waals surface area contributed by atoms with Crippen LogP contribution in [0.4, 0.5) is 0 Å². The van der Waals surface area contributed by atoms with Gasteiger partial charge in [-0.05, 0) is 57.8 Å². The van der Waals surface area contributed by atoms with Crippen molar-refractivity contribution in [2.24, 2.45) is 0 Å². The van der Waals surface area contributed by atoms with Gasteiger partial charge in [-0.15, -0.1) is 0 Å². The molecule has 0 atom stereocenters. The molecular formula is C48H99O4P. The highest BCUT2D eigenvalue weighted by atomic mass is 31.2. The van der Waals surface area contributed by atoms with Crippen molar-refractivity contribution in [2.45, 2.75) is 310 Å². The van der Waals surface area contributed by atoms with Crippen LogP contribution in [0.2, 0.25) is 0 Å². The van der Waals surface area contributed by atoms with Crippen molar-refractivity contribution < 1.29 is 18.1 Å². The molecule has 320 valence electrons. The van der Waals surface area contributed by atoms with Gasteiger partial charge in [0.2, 0.25) is 0 Å². The molecule has 4 nitrogen and oxygen atoms in total. The van der Waals surface area contributed by atoms with E-state index in [4.69, 9.17) is 13.6 Å². The Morgan fingerprint density at radius 2 is 0.434 bits per heavy atom. The van der Waals surface area contributed by atoms with Gasteiger partial charge in [0.05, 0.1) is 16.8 Å². The summed E-state index contributed by atoms with van der Waals surface area (Å²) in [4.78, 5) is 0. The lowest BCUT2D eigenvalue weighted by Crippen LogP contribution is -2.40. The molecule has 0 heterocycles. The van der Waals surface area contributed by atoms with E-state index in [1.54, 1.807) is 0 Å². The summed E-state index contributed by atoms with van der Waals surface area (Å²) >= 11 is 0. The lowest BCUT2D eigenvalue weighted by molar-refractivity contribution is -0.0906. The summed E-state index contributed by atoms with van der Waals surface area (Å²) in [5.41, 5.74) is -1.42. The minimum absolute atomic E-state index is 0.474. The maximum atomic E-state index is 16.4. The minimum Gasteiger partial charge on any atom is -0.280 e. The topological polar surface area (TPSA) is 44.8 Å². The zero-order valence-electron chi connectivity index (χ0n) is 38.0. The van der Waals surface area contributed by atoms with Gasteiger partial charge in [-0.25, -0.2) is 4.57 Å². The molecule has 0 N–H and O–H groups in total. The molecule has 0 bridgehead atoms. The highest BCUT2D eigenvalue weighted by molar-refractivity contribution is 7.48. The Bertz CT molecular complexity index is 700. The first-order chi connectivity index (χ1) is 25.7. The van der Waals surface area contributed by atoms with Gasteiger partial charge in [0.15, 0.2) is 0 Å². The Morgan fingerprint density at radius 3 is 0.623 bits per heavy atom. The van der Waals surface area contributed by atoms with Crippen LogP contribution in [0.15, 0.2) is 0 Å². The molecule has 0 aliphatic rings. The molecule has 53 heavy (non-hydrogen) atoms. The van der Waals surface area contributed by atoms with Crippen LogP contribution >= 0.6 is 7.82 Å². The van der Waals surface area contributed by atoms with Gasteiger partial charge in [-0.2, -0.15) is 0 Å². The molecule has 0 aliphatic heterocycles. The molecule has 0 aromatic rings. The Morgan fingerprint density at radius 1 is 0.264 bits per heavy atom. The van der Waals surface area contributed by atoms with Crippen molar-refractivity contribution in [1.82, 2.24) is 0 Å². The summed E-state index contributed by atoms with van der Waals surface area (Å²) in [6.45, 7) is 20.6. The Labute approximate surface area is 335 Å². The first-order valence-corrected chi connectivity index (χ1v) is 25.8. The molecular weight excluding hydrogens is 671 g/mol. The fourth-order valence-electron chi connectivity index (χ4n) is 8.45. The maximum Gasteiger partial charge on any atom is 0.476 e. The van der Waals surface area contributed by atoms with Crippen LogP contribution in [0, 0.1) is 0 Å². The number of hydrogen-bond acceptors (Lipinski definition) is 4. The van der Waals surface area contributed by atoms with Crippen molar-refractivity contribution in [3.8, 4) is 0 Å². The minimum atomic E-state index is -4.01. The maximum absolute atomic E-state index is 16.4. The summed E-state index contributed by atoms with van der Waals surface area (Å²) < 4.78 is 38.8. The van der Waals surface area contributed by atoms with E-state index in [2.05, 4.69) is 62.3 Å². The van der Waals surface area contributed by atoms with Gasteiger partial charge < -0.3 is 0 Å². The van der Waals surface area contributed by atoms with E-state index in [9.17, 15) is 0 Å².